The molecule has 0 bridgehead atoms. The lowest BCUT2D eigenvalue weighted by atomic mass is 10.2. The predicted octanol–water partition coefficient (Wildman–Crippen LogP) is 2.25. The summed E-state index contributed by atoms with van der Waals surface area (Å²) in [6.45, 7) is 0. The zero-order valence-electron chi connectivity index (χ0n) is 6.39. The highest BCUT2D eigenvalue weighted by Crippen LogP contribution is 2.20. The lowest BCUT2D eigenvalue weighted by Gasteiger charge is -2.06. The van der Waals surface area contributed by atoms with Gasteiger partial charge in [-0.1, -0.05) is 28.7 Å². The molecule has 0 saturated heterocycles. The summed E-state index contributed by atoms with van der Waals surface area (Å²) < 4.78 is 1.01. The summed E-state index contributed by atoms with van der Waals surface area (Å²) in [6, 6.07) is 5.93. The van der Waals surface area contributed by atoms with E-state index in [1.54, 1.807) is 0 Å². The van der Waals surface area contributed by atoms with E-state index < -0.39 is 0 Å². The quantitative estimate of drug-likeness (QED) is 0.487. The molecule has 0 aliphatic carbocycles. The van der Waals surface area contributed by atoms with Gasteiger partial charge in [-0.15, -0.1) is 0 Å². The van der Waals surface area contributed by atoms with Crippen molar-refractivity contribution in [2.45, 2.75) is 4.43 Å². The maximum atomic E-state index is 5.62. The van der Waals surface area contributed by atoms with Gasteiger partial charge in [-0.25, -0.2) is 0 Å². The molecule has 0 aliphatic rings. The third-order valence-electron chi connectivity index (χ3n) is 1.55. The molecule has 0 amide bonds. The van der Waals surface area contributed by atoms with Crippen molar-refractivity contribution in [1.82, 2.24) is 0 Å². The lowest BCUT2D eigenvalue weighted by Crippen LogP contribution is -1.95. The molecule has 0 fully saturated rings. The van der Waals surface area contributed by atoms with Crippen LogP contribution in [0.2, 0.25) is 0 Å². The number of benzene rings is 1. The van der Waals surface area contributed by atoms with E-state index >= 15 is 0 Å². The summed E-state index contributed by atoms with van der Waals surface area (Å²) in [5.41, 5.74) is 8.84. The first kappa shape index (κ1) is 8.64. The predicted molar refractivity (Wildman–Crippen MR) is 58.1 cm³/mol. The van der Waals surface area contributed by atoms with Crippen molar-refractivity contribution in [3.05, 3.63) is 23.8 Å². The van der Waals surface area contributed by atoms with Gasteiger partial charge in [0.1, 0.15) is 0 Å². The third kappa shape index (κ3) is 1.99. The standard InChI is InChI=1S/C8H11IN2/c1-11-8-4-7(10)3-2-6(8)5-9/h2-4,11H,5,10H2,1H3. The highest BCUT2D eigenvalue weighted by atomic mass is 127. The molecule has 1 aromatic carbocycles. The molecule has 3 heteroatoms. The van der Waals surface area contributed by atoms with Crippen LogP contribution in [0.1, 0.15) is 5.56 Å². The first-order chi connectivity index (χ1) is 5.27. The summed E-state index contributed by atoms with van der Waals surface area (Å²) in [5.74, 6) is 0. The molecule has 1 rings (SSSR count). The minimum atomic E-state index is 0.808. The van der Waals surface area contributed by atoms with Gasteiger partial charge in [-0.3, -0.25) is 0 Å². The molecule has 0 unspecified atom stereocenters. The summed E-state index contributed by atoms with van der Waals surface area (Å²) >= 11 is 2.33. The Labute approximate surface area is 80.3 Å². The Morgan fingerprint density at radius 2 is 2.27 bits per heavy atom. The summed E-state index contributed by atoms with van der Waals surface area (Å²) in [6.07, 6.45) is 0. The van der Waals surface area contributed by atoms with Gasteiger partial charge in [0.15, 0.2) is 0 Å². The van der Waals surface area contributed by atoms with Gasteiger partial charge < -0.3 is 11.1 Å². The molecule has 11 heavy (non-hydrogen) atoms. The number of nitrogen functional groups attached to an aromatic ring is 1. The van der Waals surface area contributed by atoms with Gasteiger partial charge >= 0.3 is 0 Å². The fourth-order valence-corrected chi connectivity index (χ4v) is 1.61. The Hall–Kier alpha value is -0.450. The monoisotopic (exact) mass is 262 g/mol. The number of nitrogens with two attached hydrogens (primary N) is 1. The maximum Gasteiger partial charge on any atom is 0.0398 e. The fourth-order valence-electron chi connectivity index (χ4n) is 0.943. The van der Waals surface area contributed by atoms with Crippen molar-refractivity contribution >= 4 is 34.0 Å². The molecular weight excluding hydrogens is 251 g/mol. The third-order valence-corrected chi connectivity index (χ3v) is 2.37. The van der Waals surface area contributed by atoms with Crippen LogP contribution in [0.3, 0.4) is 0 Å². The fraction of sp³-hybridized carbons (Fsp3) is 0.250. The van der Waals surface area contributed by atoms with E-state index in [1.165, 1.54) is 5.56 Å². The van der Waals surface area contributed by atoms with Crippen molar-refractivity contribution in [2.75, 3.05) is 18.1 Å². The van der Waals surface area contributed by atoms with E-state index in [1.807, 2.05) is 25.2 Å². The van der Waals surface area contributed by atoms with E-state index in [0.29, 0.717) is 0 Å². The molecule has 3 N–H and O–H groups in total. The van der Waals surface area contributed by atoms with Crippen LogP contribution in [0.15, 0.2) is 18.2 Å². The van der Waals surface area contributed by atoms with Crippen molar-refractivity contribution in [2.24, 2.45) is 0 Å². The van der Waals surface area contributed by atoms with Crippen molar-refractivity contribution < 1.29 is 0 Å². The second-order valence-electron chi connectivity index (χ2n) is 2.30. The summed E-state index contributed by atoms with van der Waals surface area (Å²) in [5, 5.41) is 3.10. The average molecular weight is 262 g/mol. The van der Waals surface area contributed by atoms with Crippen LogP contribution < -0.4 is 11.1 Å². The Bertz CT molecular complexity index is 248. The smallest absolute Gasteiger partial charge is 0.0398 e. The first-order valence-corrected chi connectivity index (χ1v) is 4.92. The highest BCUT2D eigenvalue weighted by Gasteiger charge is 1.97. The number of rotatable bonds is 2. The molecule has 1 aromatic rings. The van der Waals surface area contributed by atoms with Crippen LogP contribution in [0, 0.1) is 0 Å². The number of hydrogen-bond donors (Lipinski definition) is 2. The van der Waals surface area contributed by atoms with Crippen LogP contribution in [0.5, 0.6) is 0 Å². The molecule has 0 atom stereocenters. The van der Waals surface area contributed by atoms with Crippen LogP contribution in [-0.2, 0) is 4.43 Å². The number of alkyl halides is 1. The van der Waals surface area contributed by atoms with Crippen molar-refractivity contribution in [3.63, 3.8) is 0 Å². The van der Waals surface area contributed by atoms with E-state index in [0.717, 1.165) is 15.8 Å². The van der Waals surface area contributed by atoms with Gasteiger partial charge in [0.2, 0.25) is 0 Å². The number of anilines is 2. The number of hydrogen-bond acceptors (Lipinski definition) is 2. The SMILES string of the molecule is CNc1cc(N)ccc1CI. The summed E-state index contributed by atoms with van der Waals surface area (Å²) in [7, 11) is 1.91. The van der Waals surface area contributed by atoms with E-state index in [-0.39, 0.29) is 0 Å². The minimum absolute atomic E-state index is 0.808. The molecule has 0 aromatic heterocycles. The normalized spacial score (nSPS) is 9.64. The first-order valence-electron chi connectivity index (χ1n) is 3.40. The summed E-state index contributed by atoms with van der Waals surface area (Å²) in [4.78, 5) is 0. The molecule has 2 nitrogen and oxygen atoms in total. The molecular formula is C8H11IN2. The molecule has 0 spiro atoms. The van der Waals surface area contributed by atoms with Gasteiger partial charge in [0.05, 0.1) is 0 Å². The Kier molecular flexibility index (Phi) is 2.99. The minimum Gasteiger partial charge on any atom is -0.399 e. The van der Waals surface area contributed by atoms with Crippen LogP contribution in [-0.4, -0.2) is 7.05 Å². The number of nitrogens with one attached hydrogen (secondary N) is 1. The van der Waals surface area contributed by atoms with E-state index in [2.05, 4.69) is 27.9 Å². The van der Waals surface area contributed by atoms with Gasteiger partial charge in [0, 0.05) is 22.8 Å². The Morgan fingerprint density at radius 3 is 2.82 bits per heavy atom. The molecule has 0 radical (unpaired) electrons. The van der Waals surface area contributed by atoms with Crippen LogP contribution >= 0.6 is 22.6 Å². The molecule has 0 heterocycles. The second kappa shape index (κ2) is 3.80. The van der Waals surface area contributed by atoms with Gasteiger partial charge in [-0.2, -0.15) is 0 Å². The largest absolute Gasteiger partial charge is 0.399 e. The molecule has 0 aliphatic heterocycles. The average Bonchev–Trinajstić information content (AvgIpc) is 2.04. The topological polar surface area (TPSA) is 38.0 Å². The highest BCUT2D eigenvalue weighted by molar-refractivity contribution is 14.1. The molecule has 0 saturated carbocycles. The lowest BCUT2D eigenvalue weighted by molar-refractivity contribution is 1.40. The van der Waals surface area contributed by atoms with E-state index in [4.69, 9.17) is 5.73 Å². The van der Waals surface area contributed by atoms with Crippen LogP contribution in [0.25, 0.3) is 0 Å². The Balaban J connectivity index is 3.06. The van der Waals surface area contributed by atoms with Gasteiger partial charge in [0.25, 0.3) is 0 Å². The van der Waals surface area contributed by atoms with Crippen molar-refractivity contribution in [3.8, 4) is 0 Å². The molecule has 60 valence electrons. The van der Waals surface area contributed by atoms with E-state index in [9.17, 15) is 0 Å². The zero-order chi connectivity index (χ0) is 8.27. The van der Waals surface area contributed by atoms with Crippen LogP contribution in [0.4, 0.5) is 11.4 Å². The number of halogens is 1. The van der Waals surface area contributed by atoms with Gasteiger partial charge in [-0.05, 0) is 17.7 Å². The van der Waals surface area contributed by atoms with Crippen molar-refractivity contribution in [1.29, 1.82) is 0 Å². The second-order valence-corrected chi connectivity index (χ2v) is 3.06. The maximum absolute atomic E-state index is 5.62. The Morgan fingerprint density at radius 1 is 1.55 bits per heavy atom. The zero-order valence-corrected chi connectivity index (χ0v) is 8.55.